The molecular weight excluding hydrogens is 500 g/mol. The maximum Gasteiger partial charge on any atom is 0.313 e. The normalized spacial score (nSPS) is 12.1. The SMILES string of the molecule is C#CCOc1c(C=Nn2c([C@@H](C)CC)nc3ccc(Br)cc3c2=O)cc(Cl)cc1[N+](=O)[O-]. The minimum atomic E-state index is -0.624. The van der Waals surface area contributed by atoms with Crippen LogP contribution in [0.3, 0.4) is 0 Å². The number of ether oxygens (including phenoxy) is 1. The average molecular weight is 518 g/mol. The Morgan fingerprint density at radius 3 is 2.84 bits per heavy atom. The molecule has 3 aromatic rings. The number of nitrogens with zero attached hydrogens (tertiary/aromatic N) is 4. The van der Waals surface area contributed by atoms with E-state index in [1.807, 2.05) is 19.9 Å². The molecule has 0 fully saturated rings. The van der Waals surface area contributed by atoms with Crippen molar-refractivity contribution in [1.82, 2.24) is 9.66 Å². The predicted molar refractivity (Wildman–Crippen MR) is 128 cm³/mol. The molecule has 164 valence electrons. The zero-order valence-electron chi connectivity index (χ0n) is 17.2. The quantitative estimate of drug-likeness (QED) is 0.187. The number of terminal acetylenes is 1. The molecule has 0 radical (unpaired) electrons. The summed E-state index contributed by atoms with van der Waals surface area (Å²) in [6, 6.07) is 7.85. The second-order valence-corrected chi connectivity index (χ2v) is 8.25. The van der Waals surface area contributed by atoms with Crippen molar-refractivity contribution in [2.24, 2.45) is 5.10 Å². The standard InChI is InChI=1S/C22H18BrClN4O4/c1-4-8-32-20-14(9-16(24)11-19(20)28(30)31)12-25-27-21(13(3)5-2)26-18-7-6-15(23)10-17(18)22(27)29/h1,6-7,9-13H,5,8H2,2-3H3/t13-/m0/s1. The van der Waals surface area contributed by atoms with Crippen molar-refractivity contribution in [3.05, 3.63) is 71.7 Å². The fourth-order valence-electron chi connectivity index (χ4n) is 3.00. The molecule has 0 saturated heterocycles. The Kier molecular flexibility index (Phi) is 7.28. The molecule has 0 unspecified atom stereocenters. The topological polar surface area (TPSA) is 99.6 Å². The summed E-state index contributed by atoms with van der Waals surface area (Å²) in [5.41, 5.74) is 0.0295. The molecule has 2 aromatic carbocycles. The van der Waals surface area contributed by atoms with Gasteiger partial charge < -0.3 is 4.74 Å². The smallest absolute Gasteiger partial charge is 0.313 e. The van der Waals surface area contributed by atoms with Gasteiger partial charge in [0.15, 0.2) is 0 Å². The zero-order chi connectivity index (χ0) is 23.4. The first-order valence-corrected chi connectivity index (χ1v) is 10.7. The number of nitro benzene ring substituents is 1. The maximum atomic E-state index is 13.2. The van der Waals surface area contributed by atoms with Gasteiger partial charge >= 0.3 is 5.69 Å². The number of benzene rings is 2. The van der Waals surface area contributed by atoms with Crippen LogP contribution in [0.5, 0.6) is 5.75 Å². The van der Waals surface area contributed by atoms with E-state index < -0.39 is 4.92 Å². The Labute approximate surface area is 197 Å². The van der Waals surface area contributed by atoms with E-state index in [0.29, 0.717) is 16.7 Å². The van der Waals surface area contributed by atoms with Crippen LogP contribution in [-0.2, 0) is 0 Å². The summed E-state index contributed by atoms with van der Waals surface area (Å²) in [6.07, 6.45) is 7.25. The second kappa shape index (κ2) is 9.94. The van der Waals surface area contributed by atoms with Crippen LogP contribution in [0.25, 0.3) is 10.9 Å². The molecule has 32 heavy (non-hydrogen) atoms. The zero-order valence-corrected chi connectivity index (χ0v) is 19.6. The van der Waals surface area contributed by atoms with Crippen LogP contribution >= 0.6 is 27.5 Å². The molecule has 0 aliphatic heterocycles. The molecular formula is C22H18BrClN4O4. The van der Waals surface area contributed by atoms with Gasteiger partial charge in [0.1, 0.15) is 12.4 Å². The summed E-state index contributed by atoms with van der Waals surface area (Å²) in [4.78, 5) is 28.7. The van der Waals surface area contributed by atoms with Crippen molar-refractivity contribution >= 4 is 50.3 Å². The van der Waals surface area contributed by atoms with Crippen LogP contribution in [0.4, 0.5) is 5.69 Å². The van der Waals surface area contributed by atoms with Crippen LogP contribution in [0.1, 0.15) is 37.6 Å². The molecule has 0 amide bonds. The molecule has 0 aliphatic carbocycles. The average Bonchev–Trinajstić information content (AvgIpc) is 2.76. The van der Waals surface area contributed by atoms with Gasteiger partial charge in [0.25, 0.3) is 5.56 Å². The fraction of sp³-hybridized carbons (Fsp3) is 0.227. The van der Waals surface area contributed by atoms with E-state index in [-0.39, 0.29) is 40.1 Å². The van der Waals surface area contributed by atoms with E-state index in [2.05, 4.69) is 31.9 Å². The lowest BCUT2D eigenvalue weighted by Crippen LogP contribution is -2.23. The molecule has 0 N–H and O–H groups in total. The largest absolute Gasteiger partial charge is 0.473 e. The van der Waals surface area contributed by atoms with Crippen LogP contribution in [-0.4, -0.2) is 27.4 Å². The van der Waals surface area contributed by atoms with Crippen LogP contribution in [0, 0.1) is 22.5 Å². The number of rotatable bonds is 7. The number of hydrogen-bond donors (Lipinski definition) is 0. The van der Waals surface area contributed by atoms with Crippen LogP contribution < -0.4 is 10.3 Å². The van der Waals surface area contributed by atoms with E-state index >= 15 is 0 Å². The fourth-order valence-corrected chi connectivity index (χ4v) is 3.58. The van der Waals surface area contributed by atoms with Gasteiger partial charge in [-0.3, -0.25) is 14.9 Å². The highest BCUT2D eigenvalue weighted by Gasteiger charge is 2.21. The summed E-state index contributed by atoms with van der Waals surface area (Å²) in [5, 5.41) is 16.3. The molecule has 0 aliphatic rings. The van der Waals surface area contributed by atoms with Gasteiger partial charge in [-0.25, -0.2) is 4.98 Å². The maximum absolute atomic E-state index is 13.2. The molecule has 1 heterocycles. The van der Waals surface area contributed by atoms with Gasteiger partial charge in [0.2, 0.25) is 5.75 Å². The van der Waals surface area contributed by atoms with E-state index in [9.17, 15) is 14.9 Å². The number of fused-ring (bicyclic) bond motifs is 1. The van der Waals surface area contributed by atoms with Crippen molar-refractivity contribution in [3.63, 3.8) is 0 Å². The third-order valence-corrected chi connectivity index (χ3v) is 5.47. The van der Waals surface area contributed by atoms with Gasteiger partial charge in [-0.15, -0.1) is 6.42 Å². The lowest BCUT2D eigenvalue weighted by atomic mass is 10.1. The van der Waals surface area contributed by atoms with Crippen molar-refractivity contribution in [3.8, 4) is 18.1 Å². The molecule has 3 rings (SSSR count). The van der Waals surface area contributed by atoms with Gasteiger partial charge in [-0.2, -0.15) is 9.78 Å². The minimum absolute atomic E-state index is 0.0706. The summed E-state index contributed by atoms with van der Waals surface area (Å²) in [6.45, 7) is 3.72. The van der Waals surface area contributed by atoms with Crippen molar-refractivity contribution in [1.29, 1.82) is 0 Å². The Morgan fingerprint density at radius 1 is 1.44 bits per heavy atom. The lowest BCUT2D eigenvalue weighted by Gasteiger charge is -2.14. The van der Waals surface area contributed by atoms with Crippen molar-refractivity contribution in [2.45, 2.75) is 26.2 Å². The number of nitro groups is 1. The summed E-state index contributed by atoms with van der Waals surface area (Å²) in [5.74, 6) is 2.58. The first kappa shape index (κ1) is 23.4. The molecule has 1 aromatic heterocycles. The first-order valence-electron chi connectivity index (χ1n) is 9.57. The van der Waals surface area contributed by atoms with Gasteiger partial charge in [-0.05, 0) is 30.7 Å². The molecule has 0 spiro atoms. The van der Waals surface area contributed by atoms with Crippen molar-refractivity contribution in [2.75, 3.05) is 6.61 Å². The van der Waals surface area contributed by atoms with Gasteiger partial charge in [0, 0.05) is 27.0 Å². The first-order chi connectivity index (χ1) is 15.3. The summed E-state index contributed by atoms with van der Waals surface area (Å²) in [7, 11) is 0. The van der Waals surface area contributed by atoms with Crippen LogP contribution in [0.2, 0.25) is 5.02 Å². The monoisotopic (exact) mass is 516 g/mol. The predicted octanol–water partition coefficient (Wildman–Crippen LogP) is 5.13. The van der Waals surface area contributed by atoms with Crippen LogP contribution in [0.15, 0.2) is 44.7 Å². The van der Waals surface area contributed by atoms with Crippen molar-refractivity contribution < 1.29 is 9.66 Å². The second-order valence-electron chi connectivity index (χ2n) is 6.90. The molecule has 0 bridgehead atoms. The van der Waals surface area contributed by atoms with E-state index in [4.69, 9.17) is 22.8 Å². The molecule has 1 atom stereocenters. The van der Waals surface area contributed by atoms with Gasteiger partial charge in [-0.1, -0.05) is 47.3 Å². The Bertz CT molecular complexity index is 1330. The van der Waals surface area contributed by atoms with E-state index in [1.165, 1.54) is 17.0 Å². The molecule has 10 heteroatoms. The molecule has 8 nitrogen and oxygen atoms in total. The lowest BCUT2D eigenvalue weighted by molar-refractivity contribution is -0.385. The van der Waals surface area contributed by atoms with E-state index in [1.54, 1.807) is 12.1 Å². The highest BCUT2D eigenvalue weighted by Crippen LogP contribution is 2.33. The number of aromatic nitrogens is 2. The minimum Gasteiger partial charge on any atom is -0.473 e. The number of hydrogen-bond acceptors (Lipinski definition) is 6. The van der Waals surface area contributed by atoms with Gasteiger partial charge in [0.05, 0.1) is 22.0 Å². The number of halogens is 2. The molecule has 0 saturated carbocycles. The highest BCUT2D eigenvalue weighted by molar-refractivity contribution is 9.10. The Balaban J connectivity index is 2.24. The summed E-state index contributed by atoms with van der Waals surface area (Å²) >= 11 is 9.43. The Morgan fingerprint density at radius 2 is 2.19 bits per heavy atom. The Hall–Kier alpha value is -3.22. The highest BCUT2D eigenvalue weighted by atomic mass is 79.9. The van der Waals surface area contributed by atoms with E-state index in [0.717, 1.165) is 17.0 Å². The third-order valence-electron chi connectivity index (χ3n) is 4.76. The third kappa shape index (κ3) is 4.82. The summed E-state index contributed by atoms with van der Waals surface area (Å²) < 4.78 is 7.32.